The average molecular weight is 265 g/mol. The molecule has 3 nitrogen and oxygen atoms in total. The third-order valence-electron chi connectivity index (χ3n) is 4.72. The Morgan fingerprint density at radius 1 is 1.21 bits per heavy atom. The Morgan fingerprint density at radius 3 is 2.53 bits per heavy atom. The lowest BCUT2D eigenvalue weighted by molar-refractivity contribution is 0.121. The van der Waals surface area contributed by atoms with Crippen LogP contribution in [0, 0.1) is 5.92 Å². The van der Waals surface area contributed by atoms with Gasteiger partial charge in [-0.05, 0) is 64.7 Å². The van der Waals surface area contributed by atoms with Crippen LogP contribution in [0.15, 0.2) is 12.7 Å². The van der Waals surface area contributed by atoms with Crippen molar-refractivity contribution in [3.8, 4) is 0 Å². The SMILES string of the molecule is C=CCNCC(C)N1CCC(CN2CCCC2)CC1. The van der Waals surface area contributed by atoms with E-state index in [2.05, 4.69) is 28.6 Å². The molecule has 1 N–H and O–H groups in total. The molecule has 2 heterocycles. The van der Waals surface area contributed by atoms with Gasteiger partial charge in [0, 0.05) is 25.7 Å². The zero-order valence-electron chi connectivity index (χ0n) is 12.6. The van der Waals surface area contributed by atoms with Crippen LogP contribution < -0.4 is 5.32 Å². The molecule has 0 bridgehead atoms. The van der Waals surface area contributed by atoms with Gasteiger partial charge in [0.2, 0.25) is 0 Å². The molecule has 0 aromatic heterocycles. The topological polar surface area (TPSA) is 18.5 Å². The van der Waals surface area contributed by atoms with Crippen LogP contribution in [0.4, 0.5) is 0 Å². The highest BCUT2D eigenvalue weighted by Gasteiger charge is 2.24. The molecule has 3 heteroatoms. The van der Waals surface area contributed by atoms with Crippen LogP contribution in [-0.2, 0) is 0 Å². The highest BCUT2D eigenvalue weighted by molar-refractivity contribution is 4.81. The fourth-order valence-electron chi connectivity index (χ4n) is 3.43. The summed E-state index contributed by atoms with van der Waals surface area (Å²) in [6.07, 6.45) is 7.56. The molecule has 1 atom stereocenters. The van der Waals surface area contributed by atoms with Gasteiger partial charge >= 0.3 is 0 Å². The first-order valence-corrected chi connectivity index (χ1v) is 8.07. The summed E-state index contributed by atoms with van der Waals surface area (Å²) < 4.78 is 0. The molecule has 2 fully saturated rings. The molecule has 0 aliphatic carbocycles. The van der Waals surface area contributed by atoms with Crippen molar-refractivity contribution in [2.24, 2.45) is 5.92 Å². The summed E-state index contributed by atoms with van der Waals surface area (Å²) >= 11 is 0. The molecule has 2 aliphatic rings. The first-order chi connectivity index (χ1) is 9.29. The van der Waals surface area contributed by atoms with Crippen molar-refractivity contribution in [1.82, 2.24) is 15.1 Å². The lowest BCUT2D eigenvalue weighted by Gasteiger charge is -2.37. The van der Waals surface area contributed by atoms with Gasteiger partial charge in [0.05, 0.1) is 0 Å². The summed E-state index contributed by atoms with van der Waals surface area (Å²) in [7, 11) is 0. The molecule has 0 radical (unpaired) electrons. The van der Waals surface area contributed by atoms with Crippen molar-refractivity contribution >= 4 is 0 Å². The predicted octanol–water partition coefficient (Wildman–Crippen LogP) is 1.96. The predicted molar refractivity (Wildman–Crippen MR) is 82.5 cm³/mol. The number of piperidine rings is 1. The molecular formula is C16H31N3. The first-order valence-electron chi connectivity index (χ1n) is 8.07. The standard InChI is InChI=1S/C16H31N3/c1-3-8-17-13-15(2)19-11-6-16(7-12-19)14-18-9-4-5-10-18/h3,15-17H,1,4-14H2,2H3. The second kappa shape index (κ2) is 8.03. The Labute approximate surface area is 119 Å². The molecular weight excluding hydrogens is 234 g/mol. The third-order valence-corrected chi connectivity index (χ3v) is 4.72. The smallest absolute Gasteiger partial charge is 0.0192 e. The minimum absolute atomic E-state index is 0.660. The molecule has 0 spiro atoms. The summed E-state index contributed by atoms with van der Waals surface area (Å²) in [6.45, 7) is 14.7. The number of rotatable bonds is 7. The van der Waals surface area contributed by atoms with Crippen LogP contribution in [0.2, 0.25) is 0 Å². The molecule has 0 saturated carbocycles. The zero-order chi connectivity index (χ0) is 13.5. The Balaban J connectivity index is 1.62. The minimum Gasteiger partial charge on any atom is -0.312 e. The zero-order valence-corrected chi connectivity index (χ0v) is 12.6. The van der Waals surface area contributed by atoms with E-state index in [1.165, 1.54) is 58.4 Å². The summed E-state index contributed by atoms with van der Waals surface area (Å²) in [4.78, 5) is 5.33. The summed E-state index contributed by atoms with van der Waals surface area (Å²) in [6, 6.07) is 0.660. The number of hydrogen-bond acceptors (Lipinski definition) is 3. The summed E-state index contributed by atoms with van der Waals surface area (Å²) in [5, 5.41) is 3.43. The molecule has 0 aromatic carbocycles. The molecule has 19 heavy (non-hydrogen) atoms. The van der Waals surface area contributed by atoms with E-state index in [1.54, 1.807) is 0 Å². The van der Waals surface area contributed by atoms with Crippen LogP contribution in [0.5, 0.6) is 0 Å². The Bertz CT molecular complexity index is 253. The van der Waals surface area contributed by atoms with Crippen LogP contribution in [-0.4, -0.2) is 61.7 Å². The van der Waals surface area contributed by atoms with Crippen molar-refractivity contribution < 1.29 is 0 Å². The minimum atomic E-state index is 0.660. The van der Waals surface area contributed by atoms with Crippen molar-refractivity contribution in [1.29, 1.82) is 0 Å². The van der Waals surface area contributed by atoms with Gasteiger partial charge < -0.3 is 10.2 Å². The number of nitrogens with one attached hydrogen (secondary N) is 1. The van der Waals surface area contributed by atoms with E-state index in [0.717, 1.165) is 19.0 Å². The van der Waals surface area contributed by atoms with E-state index in [1.807, 2.05) is 6.08 Å². The van der Waals surface area contributed by atoms with E-state index in [0.29, 0.717) is 6.04 Å². The van der Waals surface area contributed by atoms with Crippen molar-refractivity contribution in [3.05, 3.63) is 12.7 Å². The molecule has 1 unspecified atom stereocenters. The van der Waals surface area contributed by atoms with Crippen LogP contribution in [0.25, 0.3) is 0 Å². The fourth-order valence-corrected chi connectivity index (χ4v) is 3.43. The van der Waals surface area contributed by atoms with Gasteiger partial charge in [-0.15, -0.1) is 6.58 Å². The van der Waals surface area contributed by atoms with Crippen LogP contribution >= 0.6 is 0 Å². The molecule has 2 aliphatic heterocycles. The van der Waals surface area contributed by atoms with Crippen LogP contribution in [0.1, 0.15) is 32.6 Å². The average Bonchev–Trinajstić information content (AvgIpc) is 2.93. The van der Waals surface area contributed by atoms with E-state index < -0.39 is 0 Å². The van der Waals surface area contributed by atoms with Crippen LogP contribution in [0.3, 0.4) is 0 Å². The molecule has 2 rings (SSSR count). The van der Waals surface area contributed by atoms with Gasteiger partial charge in [0.15, 0.2) is 0 Å². The number of hydrogen-bond donors (Lipinski definition) is 1. The second-order valence-electron chi connectivity index (χ2n) is 6.28. The lowest BCUT2D eigenvalue weighted by Crippen LogP contribution is -2.46. The molecule has 0 aromatic rings. The number of likely N-dealkylation sites (tertiary alicyclic amines) is 2. The van der Waals surface area contributed by atoms with Gasteiger partial charge in [-0.2, -0.15) is 0 Å². The molecule has 0 amide bonds. The number of nitrogens with zero attached hydrogens (tertiary/aromatic N) is 2. The molecule has 2 saturated heterocycles. The Kier molecular flexibility index (Phi) is 6.35. The van der Waals surface area contributed by atoms with Gasteiger partial charge in [0.25, 0.3) is 0 Å². The highest BCUT2D eigenvalue weighted by atomic mass is 15.2. The van der Waals surface area contributed by atoms with E-state index in [9.17, 15) is 0 Å². The fraction of sp³-hybridized carbons (Fsp3) is 0.875. The summed E-state index contributed by atoms with van der Waals surface area (Å²) in [5.41, 5.74) is 0. The van der Waals surface area contributed by atoms with Gasteiger partial charge in [-0.25, -0.2) is 0 Å². The maximum absolute atomic E-state index is 3.75. The second-order valence-corrected chi connectivity index (χ2v) is 6.28. The Morgan fingerprint density at radius 2 is 1.89 bits per heavy atom. The van der Waals surface area contributed by atoms with Gasteiger partial charge in [0.1, 0.15) is 0 Å². The summed E-state index contributed by atoms with van der Waals surface area (Å²) in [5.74, 6) is 0.947. The van der Waals surface area contributed by atoms with Gasteiger partial charge in [-0.1, -0.05) is 6.08 Å². The quantitative estimate of drug-likeness (QED) is 0.561. The normalized spacial score (nSPS) is 24.7. The van der Waals surface area contributed by atoms with E-state index in [-0.39, 0.29) is 0 Å². The maximum atomic E-state index is 3.75. The monoisotopic (exact) mass is 265 g/mol. The highest BCUT2D eigenvalue weighted by Crippen LogP contribution is 2.21. The first kappa shape index (κ1) is 15.0. The van der Waals surface area contributed by atoms with Crippen molar-refractivity contribution in [2.45, 2.75) is 38.6 Å². The molecule has 110 valence electrons. The largest absolute Gasteiger partial charge is 0.312 e. The van der Waals surface area contributed by atoms with E-state index >= 15 is 0 Å². The maximum Gasteiger partial charge on any atom is 0.0192 e. The van der Waals surface area contributed by atoms with Gasteiger partial charge in [-0.3, -0.25) is 4.90 Å². The Hall–Kier alpha value is -0.380. The van der Waals surface area contributed by atoms with Crippen molar-refractivity contribution in [3.63, 3.8) is 0 Å². The third kappa shape index (κ3) is 4.90. The van der Waals surface area contributed by atoms with Crippen molar-refractivity contribution in [2.75, 3.05) is 45.8 Å². The lowest BCUT2D eigenvalue weighted by atomic mass is 9.95. The van der Waals surface area contributed by atoms with E-state index in [4.69, 9.17) is 0 Å².